The first-order valence-corrected chi connectivity index (χ1v) is 4.38. The minimum absolute atomic E-state index is 0.0873. The van der Waals surface area contributed by atoms with Crippen LogP contribution in [0.4, 0.5) is 0 Å². The first kappa shape index (κ1) is 9.81. The van der Waals surface area contributed by atoms with Crippen LogP contribution >= 0.6 is 0 Å². The minimum Gasteiger partial charge on any atom is -0.494 e. The molecule has 0 aliphatic heterocycles. The fourth-order valence-electron chi connectivity index (χ4n) is 1.09. The van der Waals surface area contributed by atoms with Gasteiger partial charge < -0.3 is 10.5 Å². The number of hydrogen-bond donors (Lipinski definition) is 1. The summed E-state index contributed by atoms with van der Waals surface area (Å²) in [6.45, 7) is 6.29. The number of ether oxygens (including phenoxy) is 1. The van der Waals surface area contributed by atoms with Gasteiger partial charge in [-0.1, -0.05) is 18.2 Å². The number of hydrogen-bond acceptors (Lipinski definition) is 2. The third-order valence-electron chi connectivity index (χ3n) is 1.83. The zero-order valence-corrected chi connectivity index (χ0v) is 7.86. The third kappa shape index (κ3) is 2.60. The van der Waals surface area contributed by atoms with E-state index in [4.69, 9.17) is 10.5 Å². The summed E-state index contributed by atoms with van der Waals surface area (Å²) < 4.78 is 5.31. The molecule has 0 unspecified atom stereocenters. The van der Waals surface area contributed by atoms with Gasteiger partial charge >= 0.3 is 0 Å². The molecule has 13 heavy (non-hydrogen) atoms. The molecule has 2 nitrogen and oxygen atoms in total. The highest BCUT2D eigenvalue weighted by atomic mass is 16.5. The molecular formula is C11H15NO. The molecule has 0 saturated heterocycles. The first-order valence-electron chi connectivity index (χ1n) is 4.38. The lowest BCUT2D eigenvalue weighted by atomic mass is 10.1. The van der Waals surface area contributed by atoms with Crippen molar-refractivity contribution in [1.82, 2.24) is 0 Å². The van der Waals surface area contributed by atoms with Crippen LogP contribution in [0, 0.1) is 0 Å². The molecule has 2 heteroatoms. The zero-order chi connectivity index (χ0) is 9.68. The molecule has 0 aliphatic rings. The Balaban J connectivity index is 2.74. The molecule has 0 saturated carbocycles. The highest BCUT2D eigenvalue weighted by Crippen LogP contribution is 2.16. The molecule has 0 radical (unpaired) electrons. The summed E-state index contributed by atoms with van der Waals surface area (Å²) in [6.07, 6.45) is 1.72. The first-order chi connectivity index (χ1) is 6.27. The Morgan fingerprint density at radius 1 is 1.46 bits per heavy atom. The number of nitrogens with two attached hydrogens (primary N) is 1. The van der Waals surface area contributed by atoms with Gasteiger partial charge in [0, 0.05) is 6.04 Å². The van der Waals surface area contributed by atoms with Crippen LogP contribution in [0.1, 0.15) is 18.5 Å². The van der Waals surface area contributed by atoms with Crippen molar-refractivity contribution >= 4 is 0 Å². The molecule has 0 heterocycles. The van der Waals surface area contributed by atoms with Crippen LogP contribution in [-0.2, 0) is 0 Å². The van der Waals surface area contributed by atoms with Gasteiger partial charge in [-0.15, -0.1) is 6.58 Å². The van der Waals surface area contributed by atoms with E-state index < -0.39 is 0 Å². The van der Waals surface area contributed by atoms with Gasteiger partial charge in [0.1, 0.15) is 5.75 Å². The van der Waals surface area contributed by atoms with Crippen LogP contribution in [0.15, 0.2) is 36.9 Å². The van der Waals surface area contributed by atoms with Gasteiger partial charge in [0.25, 0.3) is 0 Å². The van der Waals surface area contributed by atoms with Crippen molar-refractivity contribution in [3.05, 3.63) is 42.5 Å². The monoisotopic (exact) mass is 177 g/mol. The maximum absolute atomic E-state index is 5.76. The summed E-state index contributed by atoms with van der Waals surface area (Å²) in [7, 11) is 0. The lowest BCUT2D eigenvalue weighted by molar-refractivity contribution is 0.340. The van der Waals surface area contributed by atoms with Crippen molar-refractivity contribution < 1.29 is 4.74 Å². The predicted molar refractivity (Wildman–Crippen MR) is 54.7 cm³/mol. The van der Waals surface area contributed by atoms with Crippen molar-refractivity contribution in [2.45, 2.75) is 13.0 Å². The van der Waals surface area contributed by atoms with Crippen molar-refractivity contribution in [3.8, 4) is 5.75 Å². The molecule has 0 aliphatic carbocycles. The second-order valence-electron chi connectivity index (χ2n) is 2.76. The van der Waals surface area contributed by atoms with E-state index in [-0.39, 0.29) is 6.04 Å². The summed E-state index contributed by atoms with van der Waals surface area (Å²) in [6, 6.07) is 7.66. The van der Waals surface area contributed by atoms with Gasteiger partial charge in [-0.3, -0.25) is 0 Å². The molecule has 0 spiro atoms. The van der Waals surface area contributed by atoms with Crippen molar-refractivity contribution in [2.75, 3.05) is 6.61 Å². The highest BCUT2D eigenvalue weighted by Gasteiger charge is 2.00. The quantitative estimate of drug-likeness (QED) is 0.716. The van der Waals surface area contributed by atoms with Gasteiger partial charge in [0.05, 0.1) is 6.61 Å². The van der Waals surface area contributed by atoms with E-state index in [1.54, 1.807) is 6.08 Å². The van der Waals surface area contributed by atoms with E-state index in [0.29, 0.717) is 6.61 Å². The van der Waals surface area contributed by atoms with Crippen molar-refractivity contribution in [2.24, 2.45) is 5.73 Å². The van der Waals surface area contributed by atoms with Crippen LogP contribution in [-0.4, -0.2) is 6.61 Å². The fraction of sp³-hybridized carbons (Fsp3) is 0.273. The standard InChI is InChI=1S/C11H15NO/c1-3-11(12)9-5-7-10(8-6-9)13-4-2/h3,5-8,11H,1,4,12H2,2H3/t11-/m1/s1. The van der Waals surface area contributed by atoms with E-state index >= 15 is 0 Å². The predicted octanol–water partition coefficient (Wildman–Crippen LogP) is 2.27. The maximum Gasteiger partial charge on any atom is 0.119 e. The Hall–Kier alpha value is -1.28. The molecular weight excluding hydrogens is 162 g/mol. The zero-order valence-electron chi connectivity index (χ0n) is 7.86. The lowest BCUT2D eigenvalue weighted by Gasteiger charge is -2.07. The smallest absolute Gasteiger partial charge is 0.119 e. The minimum atomic E-state index is -0.0873. The summed E-state index contributed by atoms with van der Waals surface area (Å²) >= 11 is 0. The van der Waals surface area contributed by atoms with Gasteiger partial charge in [0.2, 0.25) is 0 Å². The molecule has 0 bridgehead atoms. The van der Waals surface area contributed by atoms with Crippen LogP contribution in [0.3, 0.4) is 0 Å². The maximum atomic E-state index is 5.76. The molecule has 0 aromatic heterocycles. The second kappa shape index (κ2) is 4.67. The highest BCUT2D eigenvalue weighted by molar-refractivity contribution is 5.30. The van der Waals surface area contributed by atoms with Crippen LogP contribution < -0.4 is 10.5 Å². The molecule has 1 atom stereocenters. The van der Waals surface area contributed by atoms with E-state index in [1.807, 2.05) is 31.2 Å². The average Bonchev–Trinajstić information content (AvgIpc) is 2.18. The Bertz CT molecular complexity index is 266. The fourth-order valence-corrected chi connectivity index (χ4v) is 1.09. The third-order valence-corrected chi connectivity index (χ3v) is 1.83. The van der Waals surface area contributed by atoms with E-state index in [1.165, 1.54) is 0 Å². The van der Waals surface area contributed by atoms with E-state index in [0.717, 1.165) is 11.3 Å². The molecule has 2 N–H and O–H groups in total. The Labute approximate surface area is 79.0 Å². The van der Waals surface area contributed by atoms with Gasteiger partial charge in [-0.2, -0.15) is 0 Å². The summed E-state index contributed by atoms with van der Waals surface area (Å²) in [5.41, 5.74) is 6.81. The Morgan fingerprint density at radius 2 is 2.08 bits per heavy atom. The van der Waals surface area contributed by atoms with E-state index in [2.05, 4.69) is 6.58 Å². The molecule has 1 rings (SSSR count). The van der Waals surface area contributed by atoms with E-state index in [9.17, 15) is 0 Å². The van der Waals surface area contributed by atoms with Crippen LogP contribution in [0.25, 0.3) is 0 Å². The second-order valence-corrected chi connectivity index (χ2v) is 2.76. The van der Waals surface area contributed by atoms with Gasteiger partial charge in [-0.05, 0) is 24.6 Å². The summed E-state index contributed by atoms with van der Waals surface area (Å²) in [5, 5.41) is 0. The lowest BCUT2D eigenvalue weighted by Crippen LogP contribution is -2.05. The SMILES string of the molecule is C=C[C@@H](N)c1ccc(OCC)cc1. The largest absolute Gasteiger partial charge is 0.494 e. The average molecular weight is 177 g/mol. The van der Waals surface area contributed by atoms with Gasteiger partial charge in [-0.25, -0.2) is 0 Å². The normalized spacial score (nSPS) is 12.2. The van der Waals surface area contributed by atoms with Crippen LogP contribution in [0.5, 0.6) is 5.75 Å². The number of rotatable bonds is 4. The topological polar surface area (TPSA) is 35.2 Å². The number of benzene rings is 1. The summed E-state index contributed by atoms with van der Waals surface area (Å²) in [5.74, 6) is 0.877. The Kier molecular flexibility index (Phi) is 3.53. The Morgan fingerprint density at radius 3 is 2.54 bits per heavy atom. The van der Waals surface area contributed by atoms with Crippen molar-refractivity contribution in [3.63, 3.8) is 0 Å². The summed E-state index contributed by atoms with van der Waals surface area (Å²) in [4.78, 5) is 0. The van der Waals surface area contributed by atoms with Crippen molar-refractivity contribution in [1.29, 1.82) is 0 Å². The molecule has 0 amide bonds. The molecule has 1 aromatic rings. The molecule has 0 fully saturated rings. The van der Waals surface area contributed by atoms with Crippen LogP contribution in [0.2, 0.25) is 0 Å². The molecule has 70 valence electrons. The van der Waals surface area contributed by atoms with Gasteiger partial charge in [0.15, 0.2) is 0 Å². The molecule has 1 aromatic carbocycles.